The van der Waals surface area contributed by atoms with Gasteiger partial charge in [0, 0.05) is 41.2 Å². The first-order valence-corrected chi connectivity index (χ1v) is 12.2. The third-order valence-corrected chi connectivity index (χ3v) is 6.77. The molecule has 2 heterocycles. The van der Waals surface area contributed by atoms with Gasteiger partial charge in [-0.2, -0.15) is 0 Å². The number of ether oxygens (including phenoxy) is 1. The molecular weight excluding hydrogens is 430 g/mol. The number of hydrogen-bond donors (Lipinski definition) is 0. The molecule has 4 aromatic rings. The van der Waals surface area contributed by atoms with E-state index in [4.69, 9.17) is 4.74 Å². The number of fused-ring (bicyclic) bond motifs is 1. The molecular formula is C27H29N3O2S. The van der Waals surface area contributed by atoms with E-state index in [0.717, 1.165) is 39.7 Å². The molecule has 0 fully saturated rings. The third-order valence-electron chi connectivity index (χ3n) is 5.73. The number of carbonyl (C=O) groups excluding carboxylic acids is 1. The Labute approximate surface area is 199 Å². The first-order valence-electron chi connectivity index (χ1n) is 11.2. The number of amides is 1. The monoisotopic (exact) mass is 459 g/mol. The zero-order valence-corrected chi connectivity index (χ0v) is 20.1. The maximum absolute atomic E-state index is 13.2. The molecule has 5 nitrogen and oxygen atoms in total. The Morgan fingerprint density at radius 1 is 1.09 bits per heavy atom. The van der Waals surface area contributed by atoms with Gasteiger partial charge in [-0.25, -0.2) is 4.98 Å². The van der Waals surface area contributed by atoms with Crippen LogP contribution in [0.1, 0.15) is 35.5 Å². The van der Waals surface area contributed by atoms with Crippen LogP contribution in [0.15, 0.2) is 84.0 Å². The predicted octanol–water partition coefficient (Wildman–Crippen LogP) is 5.73. The molecule has 33 heavy (non-hydrogen) atoms. The molecule has 0 aliphatic carbocycles. The fourth-order valence-electron chi connectivity index (χ4n) is 3.94. The molecule has 0 bridgehead atoms. The normalized spacial score (nSPS) is 12.0. The predicted molar refractivity (Wildman–Crippen MR) is 134 cm³/mol. The Bertz CT molecular complexity index is 1170. The number of hydrogen-bond acceptors (Lipinski definition) is 4. The summed E-state index contributed by atoms with van der Waals surface area (Å²) in [5, 5.41) is 0. The van der Waals surface area contributed by atoms with Crippen LogP contribution in [-0.4, -0.2) is 39.9 Å². The van der Waals surface area contributed by atoms with Crippen molar-refractivity contribution >= 4 is 23.3 Å². The lowest BCUT2D eigenvalue weighted by atomic mass is 10.0. The molecule has 170 valence electrons. The van der Waals surface area contributed by atoms with Gasteiger partial charge in [-0.05, 0) is 74.4 Å². The van der Waals surface area contributed by atoms with Gasteiger partial charge in [-0.3, -0.25) is 4.79 Å². The molecule has 2 aromatic heterocycles. The molecule has 1 atom stereocenters. The maximum atomic E-state index is 13.2. The van der Waals surface area contributed by atoms with Crippen molar-refractivity contribution in [2.24, 2.45) is 0 Å². The number of imidazole rings is 1. The molecule has 0 radical (unpaired) electrons. The van der Waals surface area contributed by atoms with Crippen LogP contribution in [0, 0.1) is 0 Å². The van der Waals surface area contributed by atoms with Crippen LogP contribution in [0.2, 0.25) is 0 Å². The van der Waals surface area contributed by atoms with Crippen molar-refractivity contribution in [3.05, 3.63) is 95.9 Å². The SMILES string of the molecule is CCN(C(=O)c1ccc(SCc2cn3ccccc3n2)cc1)C(C)Cc1ccc(OC)cc1. The van der Waals surface area contributed by atoms with E-state index in [-0.39, 0.29) is 11.9 Å². The largest absolute Gasteiger partial charge is 0.497 e. The van der Waals surface area contributed by atoms with E-state index < -0.39 is 0 Å². The standard InChI is InChI=1S/C27H29N3O2S/c1-4-30(20(2)17-21-8-12-24(32-3)13-9-21)27(31)22-10-14-25(15-11-22)33-19-23-18-29-16-6-5-7-26(29)28-23/h5-16,18,20H,4,17,19H2,1-3H3. The van der Waals surface area contributed by atoms with Crippen molar-refractivity contribution in [3.8, 4) is 5.75 Å². The molecule has 2 aromatic carbocycles. The topological polar surface area (TPSA) is 46.8 Å². The second-order valence-electron chi connectivity index (χ2n) is 8.00. The van der Waals surface area contributed by atoms with Crippen LogP contribution in [0.4, 0.5) is 0 Å². The molecule has 4 rings (SSSR count). The number of methoxy groups -OCH3 is 1. The number of aromatic nitrogens is 2. The van der Waals surface area contributed by atoms with Gasteiger partial charge in [0.15, 0.2) is 0 Å². The molecule has 1 unspecified atom stereocenters. The zero-order valence-electron chi connectivity index (χ0n) is 19.3. The fraction of sp³-hybridized carbons (Fsp3) is 0.259. The lowest BCUT2D eigenvalue weighted by Gasteiger charge is -2.28. The van der Waals surface area contributed by atoms with Gasteiger partial charge in [0.05, 0.1) is 12.8 Å². The highest BCUT2D eigenvalue weighted by molar-refractivity contribution is 7.98. The molecule has 0 aliphatic rings. The number of rotatable bonds is 9. The number of nitrogens with zero attached hydrogens (tertiary/aromatic N) is 3. The zero-order chi connectivity index (χ0) is 23.2. The summed E-state index contributed by atoms with van der Waals surface area (Å²) in [6.07, 6.45) is 4.87. The Hall–Kier alpha value is -3.25. The number of benzene rings is 2. The summed E-state index contributed by atoms with van der Waals surface area (Å²) in [7, 11) is 1.67. The summed E-state index contributed by atoms with van der Waals surface area (Å²) in [4.78, 5) is 20.9. The van der Waals surface area contributed by atoms with E-state index in [9.17, 15) is 4.79 Å². The lowest BCUT2D eigenvalue weighted by molar-refractivity contribution is 0.0703. The minimum absolute atomic E-state index is 0.0652. The molecule has 0 spiro atoms. The Morgan fingerprint density at radius 3 is 2.52 bits per heavy atom. The summed E-state index contributed by atoms with van der Waals surface area (Å²) < 4.78 is 7.27. The average Bonchev–Trinajstić information content (AvgIpc) is 3.27. The van der Waals surface area contributed by atoms with E-state index in [1.807, 2.05) is 77.0 Å². The van der Waals surface area contributed by atoms with Crippen molar-refractivity contribution < 1.29 is 9.53 Å². The highest BCUT2D eigenvalue weighted by Gasteiger charge is 2.20. The number of thioether (sulfide) groups is 1. The minimum atomic E-state index is 0.0652. The summed E-state index contributed by atoms with van der Waals surface area (Å²) in [5.74, 6) is 1.69. The van der Waals surface area contributed by atoms with Crippen LogP contribution >= 0.6 is 11.8 Å². The number of likely N-dealkylation sites (N-methyl/N-ethyl adjacent to an activating group) is 1. The lowest BCUT2D eigenvalue weighted by Crippen LogP contribution is -2.39. The van der Waals surface area contributed by atoms with Crippen LogP contribution in [0.5, 0.6) is 5.75 Å². The number of carbonyl (C=O) groups is 1. The highest BCUT2D eigenvalue weighted by Crippen LogP contribution is 2.24. The smallest absolute Gasteiger partial charge is 0.254 e. The van der Waals surface area contributed by atoms with E-state index >= 15 is 0 Å². The van der Waals surface area contributed by atoms with Gasteiger partial charge in [-0.15, -0.1) is 11.8 Å². The Kier molecular flexibility index (Phi) is 7.35. The summed E-state index contributed by atoms with van der Waals surface area (Å²) >= 11 is 1.72. The average molecular weight is 460 g/mol. The van der Waals surface area contributed by atoms with Crippen molar-refractivity contribution in [1.82, 2.24) is 14.3 Å². The van der Waals surface area contributed by atoms with Crippen molar-refractivity contribution in [2.75, 3.05) is 13.7 Å². The van der Waals surface area contributed by atoms with Crippen LogP contribution in [0.25, 0.3) is 5.65 Å². The molecule has 0 saturated heterocycles. The van der Waals surface area contributed by atoms with Crippen LogP contribution in [-0.2, 0) is 12.2 Å². The van der Waals surface area contributed by atoms with Crippen molar-refractivity contribution in [2.45, 2.75) is 37.0 Å². The Morgan fingerprint density at radius 2 is 1.85 bits per heavy atom. The van der Waals surface area contributed by atoms with E-state index in [1.165, 1.54) is 5.56 Å². The molecule has 6 heteroatoms. The summed E-state index contributed by atoms with van der Waals surface area (Å²) in [6, 6.07) is 22.0. The molecule has 0 aliphatic heterocycles. The molecule has 0 N–H and O–H groups in total. The first-order chi connectivity index (χ1) is 16.1. The van der Waals surface area contributed by atoms with Crippen LogP contribution in [0.3, 0.4) is 0 Å². The quantitative estimate of drug-likeness (QED) is 0.300. The van der Waals surface area contributed by atoms with E-state index in [0.29, 0.717) is 6.54 Å². The van der Waals surface area contributed by atoms with E-state index in [1.54, 1.807) is 18.9 Å². The maximum Gasteiger partial charge on any atom is 0.254 e. The van der Waals surface area contributed by atoms with Crippen molar-refractivity contribution in [3.63, 3.8) is 0 Å². The second-order valence-corrected chi connectivity index (χ2v) is 9.05. The van der Waals surface area contributed by atoms with Crippen molar-refractivity contribution in [1.29, 1.82) is 0 Å². The van der Waals surface area contributed by atoms with Crippen LogP contribution < -0.4 is 4.74 Å². The van der Waals surface area contributed by atoms with Gasteiger partial charge >= 0.3 is 0 Å². The summed E-state index contributed by atoms with van der Waals surface area (Å²) in [5.41, 5.74) is 3.90. The molecule has 0 saturated carbocycles. The minimum Gasteiger partial charge on any atom is -0.497 e. The van der Waals surface area contributed by atoms with Gasteiger partial charge in [-0.1, -0.05) is 18.2 Å². The van der Waals surface area contributed by atoms with Gasteiger partial charge in [0.25, 0.3) is 5.91 Å². The highest BCUT2D eigenvalue weighted by atomic mass is 32.2. The van der Waals surface area contributed by atoms with Gasteiger partial charge in [0.1, 0.15) is 11.4 Å². The second kappa shape index (κ2) is 10.6. The third kappa shape index (κ3) is 5.57. The molecule has 1 amide bonds. The van der Waals surface area contributed by atoms with Gasteiger partial charge in [0.2, 0.25) is 0 Å². The first kappa shape index (κ1) is 22.9. The van der Waals surface area contributed by atoms with E-state index in [2.05, 4.69) is 30.2 Å². The Balaban J connectivity index is 1.37. The van der Waals surface area contributed by atoms with Gasteiger partial charge < -0.3 is 14.0 Å². The fourth-order valence-corrected chi connectivity index (χ4v) is 4.72. The summed E-state index contributed by atoms with van der Waals surface area (Å²) in [6.45, 7) is 4.80. The number of pyridine rings is 1.